The number of nitrogens with one attached hydrogen (secondary N) is 1. The molecule has 3 nitrogen and oxygen atoms in total. The predicted molar refractivity (Wildman–Crippen MR) is 53.5 cm³/mol. The van der Waals surface area contributed by atoms with Gasteiger partial charge in [-0.15, -0.1) is 0 Å². The van der Waals surface area contributed by atoms with E-state index in [1.54, 1.807) is 0 Å². The number of likely N-dealkylation sites (N-methyl/N-ethyl adjacent to an activating group) is 1. The first-order valence-corrected chi connectivity index (χ1v) is 5.07. The Labute approximate surface area is 80.5 Å². The van der Waals surface area contributed by atoms with E-state index in [4.69, 9.17) is 0 Å². The van der Waals surface area contributed by atoms with Crippen LogP contribution >= 0.6 is 0 Å². The molecule has 1 unspecified atom stereocenters. The van der Waals surface area contributed by atoms with Crippen LogP contribution < -0.4 is 5.32 Å². The average molecular weight is 184 g/mol. The van der Waals surface area contributed by atoms with Gasteiger partial charge in [0.1, 0.15) is 0 Å². The molecule has 13 heavy (non-hydrogen) atoms. The molecule has 0 saturated carbocycles. The molecule has 0 aromatic carbocycles. The molecule has 1 fully saturated rings. The Balaban J connectivity index is 2.54. The van der Waals surface area contributed by atoms with Crippen LogP contribution in [0.3, 0.4) is 0 Å². The third-order valence-electron chi connectivity index (χ3n) is 2.58. The number of hydrogen-bond acceptors (Lipinski definition) is 2. The number of amides is 1. The lowest BCUT2D eigenvalue weighted by Gasteiger charge is -2.27. The van der Waals surface area contributed by atoms with Crippen LogP contribution in [-0.4, -0.2) is 37.0 Å². The van der Waals surface area contributed by atoms with Crippen molar-refractivity contribution in [1.82, 2.24) is 10.2 Å². The van der Waals surface area contributed by atoms with Crippen molar-refractivity contribution < 1.29 is 4.79 Å². The lowest BCUT2D eigenvalue weighted by atomic mass is 10.0. The van der Waals surface area contributed by atoms with E-state index in [0.29, 0.717) is 18.4 Å². The molecule has 0 radical (unpaired) electrons. The van der Waals surface area contributed by atoms with Gasteiger partial charge in [-0.1, -0.05) is 13.8 Å². The molecule has 1 aliphatic rings. The number of carbonyl (C=O) groups excluding carboxylic acids is 1. The van der Waals surface area contributed by atoms with Crippen LogP contribution in [0, 0.1) is 5.92 Å². The molecule has 76 valence electrons. The predicted octanol–water partition coefficient (Wildman–Crippen LogP) is 0.853. The van der Waals surface area contributed by atoms with Gasteiger partial charge in [0.15, 0.2) is 0 Å². The van der Waals surface area contributed by atoms with Gasteiger partial charge in [-0.2, -0.15) is 0 Å². The van der Waals surface area contributed by atoms with E-state index in [1.807, 2.05) is 11.9 Å². The topological polar surface area (TPSA) is 32.3 Å². The molecule has 1 saturated heterocycles. The smallest absolute Gasteiger partial charge is 0.223 e. The third kappa shape index (κ3) is 2.99. The van der Waals surface area contributed by atoms with Crippen molar-refractivity contribution in [2.45, 2.75) is 32.7 Å². The van der Waals surface area contributed by atoms with Crippen LogP contribution in [0.5, 0.6) is 0 Å². The van der Waals surface area contributed by atoms with E-state index in [1.165, 1.54) is 0 Å². The van der Waals surface area contributed by atoms with Crippen LogP contribution in [0.15, 0.2) is 0 Å². The van der Waals surface area contributed by atoms with Gasteiger partial charge < -0.3 is 10.2 Å². The van der Waals surface area contributed by atoms with Gasteiger partial charge in [-0.05, 0) is 12.3 Å². The standard InChI is InChI=1S/C10H20N2O/c1-8(2)6-9-7-11-5-4-10(13)12(9)3/h8-9,11H,4-7H2,1-3H3. The van der Waals surface area contributed by atoms with Crippen LogP contribution in [0.25, 0.3) is 0 Å². The minimum absolute atomic E-state index is 0.274. The van der Waals surface area contributed by atoms with E-state index in [0.717, 1.165) is 19.5 Å². The Kier molecular flexibility index (Phi) is 3.72. The van der Waals surface area contributed by atoms with Crippen LogP contribution in [0.4, 0.5) is 0 Å². The molecule has 0 bridgehead atoms. The average Bonchev–Trinajstić information content (AvgIpc) is 2.19. The molecule has 1 atom stereocenters. The van der Waals surface area contributed by atoms with E-state index in [2.05, 4.69) is 19.2 Å². The zero-order valence-electron chi connectivity index (χ0n) is 8.84. The zero-order chi connectivity index (χ0) is 9.84. The summed E-state index contributed by atoms with van der Waals surface area (Å²) in [5, 5.41) is 3.30. The largest absolute Gasteiger partial charge is 0.341 e. The van der Waals surface area contributed by atoms with Gasteiger partial charge in [0, 0.05) is 32.6 Å². The summed E-state index contributed by atoms with van der Waals surface area (Å²) in [5.74, 6) is 0.927. The summed E-state index contributed by atoms with van der Waals surface area (Å²) >= 11 is 0. The minimum Gasteiger partial charge on any atom is -0.341 e. The minimum atomic E-state index is 0.274. The second kappa shape index (κ2) is 4.61. The summed E-state index contributed by atoms with van der Waals surface area (Å²) in [6.07, 6.45) is 1.74. The molecule has 1 N–H and O–H groups in total. The number of nitrogens with zero attached hydrogens (tertiary/aromatic N) is 1. The van der Waals surface area contributed by atoms with Gasteiger partial charge in [-0.3, -0.25) is 4.79 Å². The maximum absolute atomic E-state index is 11.5. The molecule has 1 rings (SSSR count). The first-order valence-electron chi connectivity index (χ1n) is 5.07. The van der Waals surface area contributed by atoms with Crippen LogP contribution in [0.1, 0.15) is 26.7 Å². The highest BCUT2D eigenvalue weighted by atomic mass is 16.2. The molecule has 0 aromatic heterocycles. The molecule has 1 aliphatic heterocycles. The molecular weight excluding hydrogens is 164 g/mol. The van der Waals surface area contributed by atoms with Gasteiger partial charge in [0.05, 0.1) is 0 Å². The molecular formula is C10H20N2O. The molecule has 0 spiro atoms. The monoisotopic (exact) mass is 184 g/mol. The second-order valence-electron chi connectivity index (χ2n) is 4.24. The summed E-state index contributed by atoms with van der Waals surface area (Å²) in [7, 11) is 1.92. The van der Waals surface area contributed by atoms with Crippen LogP contribution in [0.2, 0.25) is 0 Å². The van der Waals surface area contributed by atoms with Gasteiger partial charge in [0.2, 0.25) is 5.91 Å². The van der Waals surface area contributed by atoms with Gasteiger partial charge in [-0.25, -0.2) is 0 Å². The molecule has 3 heteroatoms. The van der Waals surface area contributed by atoms with E-state index in [-0.39, 0.29) is 5.91 Å². The normalized spacial score (nSPS) is 25.1. The lowest BCUT2D eigenvalue weighted by molar-refractivity contribution is -0.131. The summed E-state index contributed by atoms with van der Waals surface area (Å²) in [5.41, 5.74) is 0. The van der Waals surface area contributed by atoms with Crippen molar-refractivity contribution in [3.05, 3.63) is 0 Å². The fourth-order valence-electron chi connectivity index (χ4n) is 1.77. The molecule has 0 aliphatic carbocycles. The van der Waals surface area contributed by atoms with Gasteiger partial charge in [0.25, 0.3) is 0 Å². The lowest BCUT2D eigenvalue weighted by Crippen LogP contribution is -2.40. The fourth-order valence-corrected chi connectivity index (χ4v) is 1.77. The molecule has 1 amide bonds. The highest BCUT2D eigenvalue weighted by Crippen LogP contribution is 2.12. The Bertz CT molecular complexity index is 180. The van der Waals surface area contributed by atoms with E-state index >= 15 is 0 Å². The summed E-state index contributed by atoms with van der Waals surface area (Å²) in [6, 6.07) is 0.384. The highest BCUT2D eigenvalue weighted by Gasteiger charge is 2.22. The summed E-state index contributed by atoms with van der Waals surface area (Å²) < 4.78 is 0. The Morgan fingerprint density at radius 2 is 2.31 bits per heavy atom. The van der Waals surface area contributed by atoms with E-state index < -0.39 is 0 Å². The Morgan fingerprint density at radius 3 is 2.92 bits per heavy atom. The van der Waals surface area contributed by atoms with Crippen molar-refractivity contribution in [3.63, 3.8) is 0 Å². The van der Waals surface area contributed by atoms with Crippen molar-refractivity contribution >= 4 is 5.91 Å². The fraction of sp³-hybridized carbons (Fsp3) is 0.900. The SMILES string of the molecule is CC(C)CC1CNCCC(=O)N1C. The number of hydrogen-bond donors (Lipinski definition) is 1. The first-order chi connectivity index (χ1) is 6.11. The maximum atomic E-state index is 11.5. The van der Waals surface area contributed by atoms with Gasteiger partial charge >= 0.3 is 0 Å². The van der Waals surface area contributed by atoms with Crippen molar-refractivity contribution in [2.75, 3.05) is 20.1 Å². The second-order valence-corrected chi connectivity index (χ2v) is 4.24. The number of rotatable bonds is 2. The summed E-state index contributed by atoms with van der Waals surface area (Å²) in [4.78, 5) is 13.4. The van der Waals surface area contributed by atoms with Crippen molar-refractivity contribution in [1.29, 1.82) is 0 Å². The number of carbonyl (C=O) groups is 1. The summed E-state index contributed by atoms with van der Waals surface area (Å²) in [6.45, 7) is 6.17. The zero-order valence-corrected chi connectivity index (χ0v) is 8.84. The quantitative estimate of drug-likeness (QED) is 0.690. The maximum Gasteiger partial charge on any atom is 0.223 e. The van der Waals surface area contributed by atoms with Crippen LogP contribution in [-0.2, 0) is 4.79 Å². The van der Waals surface area contributed by atoms with Crippen molar-refractivity contribution in [3.8, 4) is 0 Å². The third-order valence-corrected chi connectivity index (χ3v) is 2.58. The molecule has 0 aromatic rings. The highest BCUT2D eigenvalue weighted by molar-refractivity contribution is 5.76. The Hall–Kier alpha value is -0.570. The first kappa shape index (κ1) is 10.5. The Morgan fingerprint density at radius 1 is 1.62 bits per heavy atom. The van der Waals surface area contributed by atoms with E-state index in [9.17, 15) is 4.79 Å². The molecule has 1 heterocycles. The van der Waals surface area contributed by atoms with Crippen molar-refractivity contribution in [2.24, 2.45) is 5.92 Å².